The molecule has 1 aromatic heterocycles. The first-order valence-corrected chi connectivity index (χ1v) is 9.37. The Labute approximate surface area is 129 Å². The minimum absolute atomic E-state index is 0.0371. The van der Waals surface area contributed by atoms with Crippen molar-refractivity contribution in [3.63, 3.8) is 0 Å². The van der Waals surface area contributed by atoms with E-state index in [-0.39, 0.29) is 6.10 Å². The van der Waals surface area contributed by atoms with Gasteiger partial charge in [-0.15, -0.1) is 22.9 Å². The van der Waals surface area contributed by atoms with E-state index in [9.17, 15) is 8.42 Å². The van der Waals surface area contributed by atoms with E-state index in [2.05, 4.69) is 6.92 Å². The summed E-state index contributed by atoms with van der Waals surface area (Å²) in [6.45, 7) is 4.90. The molecule has 0 radical (unpaired) electrons. The highest BCUT2D eigenvalue weighted by atomic mass is 35.5. The van der Waals surface area contributed by atoms with Gasteiger partial charge in [0.2, 0.25) is 10.0 Å². The third-order valence-electron chi connectivity index (χ3n) is 3.83. The van der Waals surface area contributed by atoms with Gasteiger partial charge in [0, 0.05) is 30.0 Å². The van der Waals surface area contributed by atoms with Crippen LogP contribution in [0.2, 0.25) is 0 Å². The summed E-state index contributed by atoms with van der Waals surface area (Å²) in [6.07, 6.45) is 0.786. The Morgan fingerprint density at radius 3 is 2.80 bits per heavy atom. The summed E-state index contributed by atoms with van der Waals surface area (Å²) in [5.74, 6) is 0.729. The number of nitrogens with zero attached hydrogens (tertiary/aromatic N) is 1. The number of sulfonamides is 1. The summed E-state index contributed by atoms with van der Waals surface area (Å²) in [6, 6.07) is 1.70. The first-order chi connectivity index (χ1) is 9.40. The zero-order valence-electron chi connectivity index (χ0n) is 11.9. The quantitative estimate of drug-likeness (QED) is 0.794. The topological polar surface area (TPSA) is 46.6 Å². The highest BCUT2D eigenvalue weighted by Gasteiger charge is 2.35. The van der Waals surface area contributed by atoms with Gasteiger partial charge in [-0.05, 0) is 25.3 Å². The van der Waals surface area contributed by atoms with E-state index in [0.29, 0.717) is 29.8 Å². The average Bonchev–Trinajstić information content (AvgIpc) is 2.81. The molecule has 0 N–H and O–H groups in total. The van der Waals surface area contributed by atoms with E-state index in [4.69, 9.17) is 16.3 Å². The van der Waals surface area contributed by atoms with Gasteiger partial charge in [-0.1, -0.05) is 6.92 Å². The molecule has 2 rings (SSSR count). The van der Waals surface area contributed by atoms with Crippen molar-refractivity contribution in [3.05, 3.63) is 15.8 Å². The van der Waals surface area contributed by atoms with Crippen LogP contribution in [-0.2, 0) is 20.6 Å². The highest BCUT2D eigenvalue weighted by molar-refractivity contribution is 7.89. The van der Waals surface area contributed by atoms with E-state index < -0.39 is 10.0 Å². The number of thiophene rings is 1. The lowest BCUT2D eigenvalue weighted by Crippen LogP contribution is -2.46. The normalized spacial score (nSPS) is 25.0. The fourth-order valence-corrected chi connectivity index (χ4v) is 5.68. The third-order valence-corrected chi connectivity index (χ3v) is 7.45. The van der Waals surface area contributed by atoms with Crippen LogP contribution in [0.4, 0.5) is 0 Å². The number of methoxy groups -OCH3 is 1. The summed E-state index contributed by atoms with van der Waals surface area (Å²) in [7, 11) is -1.81. The molecular formula is C13H20ClNO3S2. The van der Waals surface area contributed by atoms with Crippen LogP contribution in [0.1, 0.15) is 23.1 Å². The van der Waals surface area contributed by atoms with Gasteiger partial charge in [-0.2, -0.15) is 4.31 Å². The summed E-state index contributed by atoms with van der Waals surface area (Å²) in [5.41, 5.74) is 0. The Morgan fingerprint density at radius 1 is 1.55 bits per heavy atom. The number of halogens is 1. The van der Waals surface area contributed by atoms with Crippen LogP contribution in [0.3, 0.4) is 0 Å². The van der Waals surface area contributed by atoms with Crippen molar-refractivity contribution in [2.75, 3.05) is 20.2 Å². The van der Waals surface area contributed by atoms with Crippen LogP contribution in [0, 0.1) is 12.8 Å². The Morgan fingerprint density at radius 2 is 2.25 bits per heavy atom. The van der Waals surface area contributed by atoms with Crippen LogP contribution in [0.25, 0.3) is 0 Å². The first-order valence-electron chi connectivity index (χ1n) is 6.58. The predicted octanol–water partition coefficient (Wildman–Crippen LogP) is 2.84. The summed E-state index contributed by atoms with van der Waals surface area (Å²) >= 11 is 7.24. The molecule has 1 saturated heterocycles. The van der Waals surface area contributed by atoms with Crippen molar-refractivity contribution in [1.82, 2.24) is 4.31 Å². The summed E-state index contributed by atoms with van der Waals surface area (Å²) in [4.78, 5) is 2.08. The minimum Gasteiger partial charge on any atom is -0.380 e. The zero-order chi connectivity index (χ0) is 14.9. The second-order valence-corrected chi connectivity index (χ2v) is 8.68. The predicted molar refractivity (Wildman–Crippen MR) is 81.9 cm³/mol. The van der Waals surface area contributed by atoms with Crippen molar-refractivity contribution in [2.24, 2.45) is 5.92 Å². The minimum atomic E-state index is -3.44. The molecule has 2 atom stereocenters. The molecule has 2 heterocycles. The van der Waals surface area contributed by atoms with Crippen molar-refractivity contribution in [1.29, 1.82) is 0 Å². The molecule has 0 spiro atoms. The van der Waals surface area contributed by atoms with Gasteiger partial charge in [0.1, 0.15) is 0 Å². The van der Waals surface area contributed by atoms with E-state index in [0.717, 1.165) is 16.2 Å². The number of piperidine rings is 1. The number of hydrogen-bond donors (Lipinski definition) is 0. The SMILES string of the molecule is COC1CN(S(=O)(=O)c2cc(CCl)sc2C)CCC1C. The second-order valence-electron chi connectivity index (χ2n) is 5.17. The monoisotopic (exact) mass is 337 g/mol. The third kappa shape index (κ3) is 3.04. The molecule has 1 aliphatic rings. The Kier molecular flexibility index (Phi) is 5.13. The molecule has 7 heteroatoms. The maximum absolute atomic E-state index is 12.7. The molecular weight excluding hydrogens is 318 g/mol. The van der Waals surface area contributed by atoms with Crippen molar-refractivity contribution >= 4 is 33.0 Å². The maximum Gasteiger partial charge on any atom is 0.244 e. The van der Waals surface area contributed by atoms with Crippen molar-refractivity contribution in [3.8, 4) is 0 Å². The molecule has 0 aromatic carbocycles. The van der Waals surface area contributed by atoms with E-state index >= 15 is 0 Å². The van der Waals surface area contributed by atoms with E-state index in [1.807, 2.05) is 6.92 Å². The molecule has 4 nitrogen and oxygen atoms in total. The molecule has 1 aliphatic heterocycles. The van der Waals surface area contributed by atoms with Crippen LogP contribution in [0.15, 0.2) is 11.0 Å². The van der Waals surface area contributed by atoms with E-state index in [1.165, 1.54) is 15.6 Å². The lowest BCUT2D eigenvalue weighted by atomic mass is 9.97. The molecule has 0 amide bonds. The largest absolute Gasteiger partial charge is 0.380 e. The van der Waals surface area contributed by atoms with Crippen molar-refractivity contribution < 1.29 is 13.2 Å². The summed E-state index contributed by atoms with van der Waals surface area (Å²) in [5, 5.41) is 0. The molecule has 1 fully saturated rings. The molecule has 20 heavy (non-hydrogen) atoms. The Bertz CT molecular complexity index is 570. The Balaban J connectivity index is 2.28. The van der Waals surface area contributed by atoms with Crippen LogP contribution >= 0.6 is 22.9 Å². The number of rotatable bonds is 4. The molecule has 1 aromatic rings. The fraction of sp³-hybridized carbons (Fsp3) is 0.692. The lowest BCUT2D eigenvalue weighted by Gasteiger charge is -2.35. The smallest absolute Gasteiger partial charge is 0.244 e. The number of aryl methyl sites for hydroxylation is 1. The number of alkyl halides is 1. The van der Waals surface area contributed by atoms with Crippen LogP contribution < -0.4 is 0 Å². The second kappa shape index (κ2) is 6.32. The molecule has 0 aliphatic carbocycles. The van der Waals surface area contributed by atoms with Gasteiger partial charge >= 0.3 is 0 Å². The average molecular weight is 338 g/mol. The van der Waals surface area contributed by atoms with Crippen LogP contribution in [0.5, 0.6) is 0 Å². The number of hydrogen-bond acceptors (Lipinski definition) is 4. The molecule has 2 unspecified atom stereocenters. The van der Waals surface area contributed by atoms with E-state index in [1.54, 1.807) is 13.2 Å². The first kappa shape index (κ1) is 16.2. The lowest BCUT2D eigenvalue weighted by molar-refractivity contribution is 0.0184. The highest BCUT2D eigenvalue weighted by Crippen LogP contribution is 2.31. The van der Waals surface area contributed by atoms with Gasteiger partial charge in [-0.3, -0.25) is 0 Å². The Hall–Kier alpha value is -0.140. The maximum atomic E-state index is 12.7. The molecule has 0 bridgehead atoms. The van der Waals surface area contributed by atoms with Gasteiger partial charge in [-0.25, -0.2) is 8.42 Å². The number of ether oxygens (including phenoxy) is 1. The molecule has 114 valence electrons. The fourth-order valence-electron chi connectivity index (χ4n) is 2.52. The van der Waals surface area contributed by atoms with Gasteiger partial charge in [0.15, 0.2) is 0 Å². The van der Waals surface area contributed by atoms with Gasteiger partial charge < -0.3 is 4.74 Å². The standard InChI is InChI=1S/C13H20ClNO3S2/c1-9-4-5-15(8-12(9)18-3)20(16,17)13-6-11(7-14)19-10(13)2/h6,9,12H,4-5,7-8H2,1-3H3. The van der Waals surface area contributed by atoms with Gasteiger partial charge in [0.05, 0.1) is 16.9 Å². The summed E-state index contributed by atoms with van der Waals surface area (Å²) < 4.78 is 32.4. The zero-order valence-corrected chi connectivity index (χ0v) is 14.3. The van der Waals surface area contributed by atoms with Crippen LogP contribution in [-0.4, -0.2) is 39.0 Å². The molecule has 0 saturated carbocycles. The van der Waals surface area contributed by atoms with Crippen molar-refractivity contribution in [2.45, 2.75) is 37.1 Å². The van der Waals surface area contributed by atoms with Gasteiger partial charge in [0.25, 0.3) is 0 Å².